The van der Waals surface area contributed by atoms with Crippen LogP contribution in [0.4, 0.5) is 10.5 Å². The normalized spacial score (nSPS) is 11.4. The van der Waals surface area contributed by atoms with E-state index in [4.69, 9.17) is 37.4 Å². The van der Waals surface area contributed by atoms with E-state index in [0.717, 1.165) is 31.9 Å². The van der Waals surface area contributed by atoms with E-state index < -0.39 is 11.7 Å². The molecule has 9 heteroatoms. The summed E-state index contributed by atoms with van der Waals surface area (Å²) in [5.41, 5.74) is 1.85. The van der Waals surface area contributed by atoms with Crippen molar-refractivity contribution in [2.24, 2.45) is 0 Å². The van der Waals surface area contributed by atoms with Gasteiger partial charge in [0.25, 0.3) is 0 Å². The molecular weight excluding hydrogens is 441 g/mol. The van der Waals surface area contributed by atoms with Crippen molar-refractivity contribution in [2.75, 3.05) is 69.3 Å². The van der Waals surface area contributed by atoms with Gasteiger partial charge in [-0.3, -0.25) is 0 Å². The van der Waals surface area contributed by atoms with Crippen LogP contribution >= 0.6 is 23.2 Å². The minimum absolute atomic E-state index is 0.408. The molecule has 1 aromatic rings. The Balaban J connectivity index is 2.02. The summed E-state index contributed by atoms with van der Waals surface area (Å²) in [6, 6.07) is 8.42. The number of alkyl carbamates (subject to hydrolysis) is 1. The van der Waals surface area contributed by atoms with Gasteiger partial charge in [-0.05, 0) is 38.5 Å². The third kappa shape index (κ3) is 14.4. The Morgan fingerprint density at radius 3 is 2.06 bits per heavy atom. The van der Waals surface area contributed by atoms with Crippen LogP contribution in [0.15, 0.2) is 24.3 Å². The summed E-state index contributed by atoms with van der Waals surface area (Å²) in [5, 5.41) is 6.00. The molecule has 0 aliphatic rings. The lowest BCUT2D eigenvalue weighted by molar-refractivity contribution is 0.0403. The van der Waals surface area contributed by atoms with Crippen molar-refractivity contribution in [1.29, 1.82) is 0 Å². The Kier molecular flexibility index (Phi) is 14.7. The molecule has 0 heterocycles. The van der Waals surface area contributed by atoms with Gasteiger partial charge >= 0.3 is 6.09 Å². The quantitative estimate of drug-likeness (QED) is 0.279. The maximum Gasteiger partial charge on any atom is 0.407 e. The lowest BCUT2D eigenvalue weighted by Crippen LogP contribution is -2.34. The number of hydrogen-bond donors (Lipinski definition) is 2. The van der Waals surface area contributed by atoms with Crippen LogP contribution in [0.2, 0.25) is 0 Å². The molecule has 2 N–H and O–H groups in total. The lowest BCUT2D eigenvalue weighted by atomic mass is 10.2. The molecule has 0 saturated carbocycles. The van der Waals surface area contributed by atoms with Crippen LogP contribution in [0.3, 0.4) is 0 Å². The number of nitrogens with one attached hydrogen (secondary N) is 2. The minimum Gasteiger partial charge on any atom is -0.444 e. The predicted octanol–water partition coefficient (Wildman–Crippen LogP) is 3.62. The summed E-state index contributed by atoms with van der Waals surface area (Å²) in [6.45, 7) is 11.0. The highest BCUT2D eigenvalue weighted by molar-refractivity contribution is 6.18. The average Bonchev–Trinajstić information content (AvgIpc) is 2.71. The van der Waals surface area contributed by atoms with E-state index in [1.54, 1.807) is 0 Å². The summed E-state index contributed by atoms with van der Waals surface area (Å²) >= 11 is 11.7. The van der Waals surface area contributed by atoms with Crippen LogP contribution in [0.25, 0.3) is 0 Å². The van der Waals surface area contributed by atoms with E-state index in [-0.39, 0.29) is 0 Å². The second kappa shape index (κ2) is 16.4. The standard InChI is InChI=1S/C22H37Cl2N3O4/c1-22(2,3)31-21(28)26-11-15-30-17-16-29-14-10-25-18-19-4-6-20(7-5-19)27(12-8-23)13-9-24/h4-7,25H,8-18H2,1-3H3,(H,26,28). The zero-order chi connectivity index (χ0) is 23.0. The van der Waals surface area contributed by atoms with Gasteiger partial charge in [0, 0.05) is 50.2 Å². The molecule has 178 valence electrons. The van der Waals surface area contributed by atoms with Crippen molar-refractivity contribution in [3.8, 4) is 0 Å². The van der Waals surface area contributed by atoms with Crippen molar-refractivity contribution in [3.63, 3.8) is 0 Å². The Labute approximate surface area is 196 Å². The molecule has 1 aromatic carbocycles. The molecule has 0 aliphatic carbocycles. The fourth-order valence-corrected chi connectivity index (χ4v) is 3.05. The number of carbonyl (C=O) groups excluding carboxylic acids is 1. The highest BCUT2D eigenvalue weighted by Crippen LogP contribution is 2.15. The number of hydrogen-bond acceptors (Lipinski definition) is 6. The maximum absolute atomic E-state index is 11.5. The maximum atomic E-state index is 11.5. The number of amides is 1. The topological polar surface area (TPSA) is 72.1 Å². The van der Waals surface area contributed by atoms with E-state index in [1.165, 1.54) is 5.56 Å². The van der Waals surface area contributed by atoms with Gasteiger partial charge in [0.2, 0.25) is 0 Å². The summed E-state index contributed by atoms with van der Waals surface area (Å²) < 4.78 is 16.1. The molecule has 0 fully saturated rings. The van der Waals surface area contributed by atoms with Gasteiger partial charge in [-0.2, -0.15) is 0 Å². The summed E-state index contributed by atoms with van der Waals surface area (Å²) in [5.74, 6) is 1.16. The average molecular weight is 478 g/mol. The van der Waals surface area contributed by atoms with Crippen LogP contribution in [0.5, 0.6) is 0 Å². The predicted molar refractivity (Wildman–Crippen MR) is 128 cm³/mol. The van der Waals surface area contributed by atoms with E-state index in [2.05, 4.69) is 39.8 Å². The van der Waals surface area contributed by atoms with E-state index in [0.29, 0.717) is 44.7 Å². The highest BCUT2D eigenvalue weighted by atomic mass is 35.5. The molecule has 0 bridgehead atoms. The molecule has 7 nitrogen and oxygen atoms in total. The monoisotopic (exact) mass is 477 g/mol. The molecule has 0 spiro atoms. The van der Waals surface area contributed by atoms with Crippen molar-refractivity contribution >= 4 is 35.0 Å². The zero-order valence-corrected chi connectivity index (χ0v) is 20.4. The Bertz CT molecular complexity index is 591. The van der Waals surface area contributed by atoms with Gasteiger partial charge in [0.05, 0.1) is 26.4 Å². The molecule has 0 aliphatic heterocycles. The third-order valence-electron chi connectivity index (χ3n) is 4.05. The molecule has 1 rings (SSSR count). The molecule has 0 saturated heterocycles. The highest BCUT2D eigenvalue weighted by Gasteiger charge is 2.15. The Morgan fingerprint density at radius 1 is 0.935 bits per heavy atom. The molecule has 0 aromatic heterocycles. The van der Waals surface area contributed by atoms with Crippen molar-refractivity contribution in [2.45, 2.75) is 32.9 Å². The van der Waals surface area contributed by atoms with E-state index in [1.807, 2.05) is 20.8 Å². The number of carbonyl (C=O) groups is 1. The van der Waals surface area contributed by atoms with Crippen LogP contribution in [-0.2, 0) is 20.8 Å². The zero-order valence-electron chi connectivity index (χ0n) is 18.9. The second-order valence-electron chi connectivity index (χ2n) is 7.86. The van der Waals surface area contributed by atoms with Crippen molar-refractivity contribution in [1.82, 2.24) is 10.6 Å². The molecule has 0 atom stereocenters. The first-order valence-corrected chi connectivity index (χ1v) is 11.7. The first-order valence-electron chi connectivity index (χ1n) is 10.6. The van der Waals surface area contributed by atoms with Crippen LogP contribution < -0.4 is 15.5 Å². The van der Waals surface area contributed by atoms with Crippen LogP contribution in [0, 0.1) is 0 Å². The first kappa shape index (κ1) is 27.8. The summed E-state index contributed by atoms with van der Waals surface area (Å²) in [7, 11) is 0. The first-order chi connectivity index (χ1) is 14.9. The van der Waals surface area contributed by atoms with Gasteiger partial charge in [0.1, 0.15) is 5.60 Å². The number of nitrogens with zero attached hydrogens (tertiary/aromatic N) is 1. The van der Waals surface area contributed by atoms with E-state index in [9.17, 15) is 4.79 Å². The summed E-state index contributed by atoms with van der Waals surface area (Å²) in [4.78, 5) is 13.6. The second-order valence-corrected chi connectivity index (χ2v) is 8.62. The molecule has 0 unspecified atom stereocenters. The number of ether oxygens (including phenoxy) is 3. The minimum atomic E-state index is -0.494. The van der Waals surface area contributed by atoms with Crippen LogP contribution in [-0.4, -0.2) is 76.1 Å². The third-order valence-corrected chi connectivity index (χ3v) is 4.39. The Hall–Kier alpha value is -1.25. The molecule has 31 heavy (non-hydrogen) atoms. The van der Waals surface area contributed by atoms with Gasteiger partial charge < -0.3 is 29.7 Å². The summed E-state index contributed by atoms with van der Waals surface area (Å²) in [6.07, 6.45) is -0.434. The van der Waals surface area contributed by atoms with Gasteiger partial charge in [-0.25, -0.2) is 4.79 Å². The molecular formula is C22H37Cl2N3O4. The van der Waals surface area contributed by atoms with E-state index >= 15 is 0 Å². The number of rotatable bonds is 16. The number of halogens is 2. The van der Waals surface area contributed by atoms with Gasteiger partial charge in [-0.1, -0.05) is 12.1 Å². The van der Waals surface area contributed by atoms with Crippen LogP contribution in [0.1, 0.15) is 26.3 Å². The molecule has 1 amide bonds. The largest absolute Gasteiger partial charge is 0.444 e. The van der Waals surface area contributed by atoms with Crippen molar-refractivity contribution in [3.05, 3.63) is 29.8 Å². The Morgan fingerprint density at radius 2 is 1.52 bits per heavy atom. The lowest BCUT2D eigenvalue weighted by Gasteiger charge is -2.23. The fraction of sp³-hybridized carbons (Fsp3) is 0.682. The van der Waals surface area contributed by atoms with Gasteiger partial charge in [-0.15, -0.1) is 23.2 Å². The fourth-order valence-electron chi connectivity index (χ4n) is 2.64. The van der Waals surface area contributed by atoms with Gasteiger partial charge in [0.15, 0.2) is 0 Å². The number of benzene rings is 1. The SMILES string of the molecule is CC(C)(C)OC(=O)NCCOCCOCCNCc1ccc(N(CCCl)CCCl)cc1. The smallest absolute Gasteiger partial charge is 0.407 e. The number of alkyl halides is 2. The number of anilines is 1. The van der Waals surface area contributed by atoms with Crippen molar-refractivity contribution < 1.29 is 19.0 Å². The molecule has 0 radical (unpaired) electrons.